The minimum Gasteiger partial charge on any atom is -0.489 e. The maximum Gasteiger partial charge on any atom is 0.319 e. The number of aryl methyl sites for hydroxylation is 1. The van der Waals surface area contributed by atoms with Crippen molar-refractivity contribution in [3.8, 4) is 11.8 Å². The number of benzene rings is 3. The minimum atomic E-state index is -0.456. The molecule has 3 aromatic carbocycles. The molecule has 0 unspecified atom stereocenters. The third kappa shape index (κ3) is 6.89. The molecule has 7 nitrogen and oxygen atoms in total. The Morgan fingerprint density at radius 3 is 2.50 bits per heavy atom. The molecule has 3 N–H and O–H groups in total. The van der Waals surface area contributed by atoms with E-state index in [4.69, 9.17) is 10.00 Å². The van der Waals surface area contributed by atoms with Crippen LogP contribution in [-0.4, -0.2) is 18.5 Å². The van der Waals surface area contributed by atoms with Gasteiger partial charge in [-0.25, -0.2) is 4.79 Å². The van der Waals surface area contributed by atoms with E-state index in [-0.39, 0.29) is 19.1 Å². The SMILES string of the molecule is Cc1cccc(NC(=O)NCC(=O)Nc2ccccc2COc2ccc(CC#N)cc2)c1. The van der Waals surface area contributed by atoms with Gasteiger partial charge in [-0.2, -0.15) is 5.26 Å². The van der Waals surface area contributed by atoms with Crippen molar-refractivity contribution in [2.24, 2.45) is 0 Å². The largest absolute Gasteiger partial charge is 0.489 e. The van der Waals surface area contributed by atoms with Crippen LogP contribution >= 0.6 is 0 Å². The molecule has 0 heterocycles. The molecule has 0 aliphatic rings. The number of hydrogen-bond donors (Lipinski definition) is 3. The third-order valence-electron chi connectivity index (χ3n) is 4.58. The summed E-state index contributed by atoms with van der Waals surface area (Å²) in [6.07, 6.45) is 0.353. The molecule has 0 spiro atoms. The van der Waals surface area contributed by atoms with E-state index in [2.05, 4.69) is 22.0 Å². The highest BCUT2D eigenvalue weighted by molar-refractivity contribution is 5.97. The molecule has 32 heavy (non-hydrogen) atoms. The van der Waals surface area contributed by atoms with Gasteiger partial charge in [0, 0.05) is 16.9 Å². The molecule has 162 valence electrons. The van der Waals surface area contributed by atoms with E-state index in [1.54, 1.807) is 12.1 Å². The Labute approximate surface area is 187 Å². The molecule has 7 heteroatoms. The minimum absolute atomic E-state index is 0.173. The summed E-state index contributed by atoms with van der Waals surface area (Å²) >= 11 is 0. The molecule has 3 aromatic rings. The predicted molar refractivity (Wildman–Crippen MR) is 123 cm³/mol. The van der Waals surface area contributed by atoms with E-state index in [1.165, 1.54) is 0 Å². The van der Waals surface area contributed by atoms with Gasteiger partial charge >= 0.3 is 6.03 Å². The summed E-state index contributed by atoms with van der Waals surface area (Å²) in [5, 5.41) is 16.8. The van der Waals surface area contributed by atoms with Crippen LogP contribution in [0.15, 0.2) is 72.8 Å². The molecule has 0 bridgehead atoms. The Kier molecular flexibility index (Phi) is 7.82. The fraction of sp³-hybridized carbons (Fsp3) is 0.160. The highest BCUT2D eigenvalue weighted by Gasteiger charge is 2.09. The van der Waals surface area contributed by atoms with Crippen LogP contribution in [0.2, 0.25) is 0 Å². The zero-order valence-electron chi connectivity index (χ0n) is 17.7. The summed E-state index contributed by atoms with van der Waals surface area (Å²) in [6, 6.07) is 23.7. The van der Waals surface area contributed by atoms with Crippen molar-refractivity contribution in [1.29, 1.82) is 5.26 Å². The number of nitrogens with zero attached hydrogens (tertiary/aromatic N) is 1. The van der Waals surface area contributed by atoms with Gasteiger partial charge in [0.15, 0.2) is 0 Å². The van der Waals surface area contributed by atoms with Gasteiger partial charge < -0.3 is 20.7 Å². The second-order valence-corrected chi connectivity index (χ2v) is 7.15. The van der Waals surface area contributed by atoms with Gasteiger partial charge in [-0.05, 0) is 48.4 Å². The molecule has 0 aliphatic carbocycles. The zero-order chi connectivity index (χ0) is 22.8. The molecule has 0 fully saturated rings. The summed E-state index contributed by atoms with van der Waals surface area (Å²) in [6.45, 7) is 2.02. The number of anilines is 2. The molecule has 3 rings (SSSR count). The maximum atomic E-state index is 12.3. The quantitative estimate of drug-likeness (QED) is 0.495. The van der Waals surface area contributed by atoms with Gasteiger partial charge in [0.1, 0.15) is 12.4 Å². The monoisotopic (exact) mass is 428 g/mol. The lowest BCUT2D eigenvalue weighted by Gasteiger charge is -2.13. The second kappa shape index (κ2) is 11.2. The lowest BCUT2D eigenvalue weighted by molar-refractivity contribution is -0.115. The molecule has 0 aromatic heterocycles. The van der Waals surface area contributed by atoms with Crippen molar-refractivity contribution in [3.63, 3.8) is 0 Å². The van der Waals surface area contributed by atoms with Crippen LogP contribution in [0.3, 0.4) is 0 Å². The first-order valence-electron chi connectivity index (χ1n) is 10.1. The highest BCUT2D eigenvalue weighted by atomic mass is 16.5. The average Bonchev–Trinajstić information content (AvgIpc) is 2.78. The molecular weight excluding hydrogens is 404 g/mol. The summed E-state index contributed by atoms with van der Waals surface area (Å²) in [5.41, 5.74) is 4.01. The van der Waals surface area contributed by atoms with Crippen LogP contribution < -0.4 is 20.7 Å². The number of hydrogen-bond acceptors (Lipinski definition) is 4. The van der Waals surface area contributed by atoms with Crippen molar-refractivity contribution in [3.05, 3.63) is 89.5 Å². The van der Waals surface area contributed by atoms with Crippen molar-refractivity contribution in [2.75, 3.05) is 17.2 Å². The average molecular weight is 428 g/mol. The number of nitrogens with one attached hydrogen (secondary N) is 3. The Morgan fingerprint density at radius 1 is 0.969 bits per heavy atom. The third-order valence-corrected chi connectivity index (χ3v) is 4.58. The van der Waals surface area contributed by atoms with Crippen LogP contribution in [0.4, 0.5) is 16.2 Å². The van der Waals surface area contributed by atoms with Gasteiger partial charge in [-0.1, -0.05) is 42.5 Å². The summed E-state index contributed by atoms with van der Waals surface area (Å²) in [7, 11) is 0. The van der Waals surface area contributed by atoms with Crippen LogP contribution in [0, 0.1) is 18.3 Å². The van der Waals surface area contributed by atoms with Crippen molar-refractivity contribution >= 4 is 23.3 Å². The second-order valence-electron chi connectivity index (χ2n) is 7.15. The van der Waals surface area contributed by atoms with E-state index >= 15 is 0 Å². The van der Waals surface area contributed by atoms with Gasteiger partial charge in [0.25, 0.3) is 0 Å². The number of nitriles is 1. The molecule has 3 amide bonds. The van der Waals surface area contributed by atoms with Crippen LogP contribution in [-0.2, 0) is 17.8 Å². The standard InChI is InChI=1S/C25H24N4O3/c1-18-5-4-7-21(15-18)28-25(31)27-16-24(30)29-23-8-3-2-6-20(23)17-32-22-11-9-19(10-12-22)13-14-26/h2-12,15H,13,16-17H2,1H3,(H,29,30)(H2,27,28,31). The van der Waals surface area contributed by atoms with E-state index in [9.17, 15) is 9.59 Å². The number of amides is 3. The van der Waals surface area contributed by atoms with Crippen LogP contribution in [0.1, 0.15) is 16.7 Å². The van der Waals surface area contributed by atoms with Crippen LogP contribution in [0.25, 0.3) is 0 Å². The number of urea groups is 1. The molecule has 0 saturated carbocycles. The summed E-state index contributed by atoms with van der Waals surface area (Å²) in [5.74, 6) is 0.319. The van der Waals surface area contributed by atoms with Gasteiger partial charge in [0.2, 0.25) is 5.91 Å². The number of carbonyl (C=O) groups excluding carboxylic acids is 2. The summed E-state index contributed by atoms with van der Waals surface area (Å²) in [4.78, 5) is 24.4. The topological polar surface area (TPSA) is 103 Å². The smallest absolute Gasteiger partial charge is 0.319 e. The number of para-hydroxylation sites is 1. The van der Waals surface area contributed by atoms with E-state index in [0.717, 1.165) is 16.7 Å². The fourth-order valence-corrected chi connectivity index (χ4v) is 2.98. The first-order chi connectivity index (χ1) is 15.5. The fourth-order valence-electron chi connectivity index (χ4n) is 2.98. The number of ether oxygens (including phenoxy) is 1. The van der Waals surface area contributed by atoms with Crippen molar-refractivity contribution in [1.82, 2.24) is 5.32 Å². The molecule has 0 atom stereocenters. The predicted octanol–water partition coefficient (Wildman–Crippen LogP) is 4.40. The Bertz CT molecular complexity index is 1120. The van der Waals surface area contributed by atoms with Crippen molar-refractivity contribution < 1.29 is 14.3 Å². The van der Waals surface area contributed by atoms with Gasteiger partial charge in [-0.15, -0.1) is 0 Å². The maximum absolute atomic E-state index is 12.3. The highest BCUT2D eigenvalue weighted by Crippen LogP contribution is 2.19. The van der Waals surface area contributed by atoms with Crippen molar-refractivity contribution in [2.45, 2.75) is 20.0 Å². The van der Waals surface area contributed by atoms with E-state index < -0.39 is 6.03 Å². The Morgan fingerprint density at radius 2 is 1.75 bits per heavy atom. The van der Waals surface area contributed by atoms with Crippen LogP contribution in [0.5, 0.6) is 5.75 Å². The molecular formula is C25H24N4O3. The van der Waals surface area contributed by atoms with Gasteiger partial charge in [-0.3, -0.25) is 4.79 Å². The summed E-state index contributed by atoms with van der Waals surface area (Å²) < 4.78 is 5.81. The van der Waals surface area contributed by atoms with E-state index in [0.29, 0.717) is 23.5 Å². The lowest BCUT2D eigenvalue weighted by atomic mass is 10.1. The molecule has 0 radical (unpaired) electrons. The Balaban J connectivity index is 1.50. The Hall–Kier alpha value is -4.31. The lowest BCUT2D eigenvalue weighted by Crippen LogP contribution is -2.35. The first-order valence-corrected chi connectivity index (χ1v) is 10.1. The molecule has 0 aliphatic heterocycles. The number of rotatable bonds is 8. The normalized spacial score (nSPS) is 10.0. The van der Waals surface area contributed by atoms with E-state index in [1.807, 2.05) is 67.6 Å². The first kappa shape index (κ1) is 22.4. The van der Waals surface area contributed by atoms with Gasteiger partial charge in [0.05, 0.1) is 19.0 Å². The molecule has 0 saturated heterocycles. The number of carbonyl (C=O) groups is 2. The zero-order valence-corrected chi connectivity index (χ0v) is 17.7.